The van der Waals surface area contributed by atoms with E-state index >= 15 is 0 Å². The van der Waals surface area contributed by atoms with Crippen LogP contribution in [0.15, 0.2) is 29.2 Å². The van der Waals surface area contributed by atoms with Gasteiger partial charge in [-0.15, -0.1) is 0 Å². The molecule has 1 heterocycles. The molecule has 0 aromatic heterocycles. The molecule has 0 spiro atoms. The van der Waals surface area contributed by atoms with Gasteiger partial charge in [-0.2, -0.15) is 4.31 Å². The average molecular weight is 396 g/mol. The van der Waals surface area contributed by atoms with Gasteiger partial charge in [-0.3, -0.25) is 9.59 Å². The Morgan fingerprint density at radius 1 is 1.07 bits per heavy atom. The lowest BCUT2D eigenvalue weighted by Gasteiger charge is -2.16. The van der Waals surface area contributed by atoms with Crippen LogP contribution in [0.4, 0.5) is 5.69 Å². The Hall–Kier alpha value is -1.97. The first-order valence-corrected chi connectivity index (χ1v) is 10.8. The van der Waals surface area contributed by atoms with E-state index in [0.29, 0.717) is 24.8 Å². The highest BCUT2D eigenvalue weighted by Crippen LogP contribution is 2.22. The lowest BCUT2D eigenvalue weighted by Crippen LogP contribution is -3.11. The Morgan fingerprint density at radius 2 is 1.67 bits per heavy atom. The minimum Gasteiger partial charge on any atom is -0.348 e. The van der Waals surface area contributed by atoms with E-state index in [2.05, 4.69) is 10.6 Å². The molecule has 3 N–H and O–H groups in total. The molecule has 1 atom stereocenters. The van der Waals surface area contributed by atoms with Crippen LogP contribution in [0.25, 0.3) is 0 Å². The predicted octanol–water partition coefficient (Wildman–Crippen LogP) is -0.797. The molecule has 0 radical (unpaired) electrons. The molecule has 0 bridgehead atoms. The first-order chi connectivity index (χ1) is 12.8. The summed E-state index contributed by atoms with van der Waals surface area (Å²) in [6.07, 6.45) is 3.85. The van der Waals surface area contributed by atoms with Crippen molar-refractivity contribution in [1.82, 2.24) is 9.62 Å². The fourth-order valence-corrected chi connectivity index (χ4v) is 4.63. The van der Waals surface area contributed by atoms with Gasteiger partial charge in [0.25, 0.3) is 11.8 Å². The summed E-state index contributed by atoms with van der Waals surface area (Å²) in [5.41, 5.74) is 0.538. The molecule has 27 heavy (non-hydrogen) atoms. The lowest BCUT2D eigenvalue weighted by atomic mass is 10.3. The lowest BCUT2D eigenvalue weighted by molar-refractivity contribution is -0.862. The van der Waals surface area contributed by atoms with Crippen LogP contribution >= 0.6 is 0 Å². The zero-order chi connectivity index (χ0) is 19.4. The second-order valence-corrected chi connectivity index (χ2v) is 9.27. The minimum absolute atomic E-state index is 0.0423. The number of hydrogen-bond acceptors (Lipinski definition) is 4. The van der Waals surface area contributed by atoms with Crippen LogP contribution in [0.1, 0.15) is 25.7 Å². The summed E-state index contributed by atoms with van der Waals surface area (Å²) in [5, 5.41) is 5.65. The van der Waals surface area contributed by atoms with Gasteiger partial charge in [-0.1, -0.05) is 0 Å². The maximum Gasteiger partial charge on any atom is 0.279 e. The number of hydrogen-bond donors (Lipinski definition) is 3. The van der Waals surface area contributed by atoms with Crippen LogP contribution < -0.4 is 15.5 Å². The summed E-state index contributed by atoms with van der Waals surface area (Å²) in [6.45, 7) is 1.53. The standard InChI is InChI=1S/C18H26N4O4S/c1-21(12-17(23)19-14-4-5-14)13-18(24)20-15-6-8-16(9-7-15)27(25,26)22-10-2-3-11-22/h6-9,14H,2-5,10-13H2,1H3,(H,19,23)(H,20,24)/p+1. The maximum atomic E-state index is 12.5. The fourth-order valence-electron chi connectivity index (χ4n) is 3.11. The normalized spacial score (nSPS) is 18.9. The molecular formula is C18H27N4O4S+. The Kier molecular flexibility index (Phi) is 6.13. The van der Waals surface area contributed by atoms with Gasteiger partial charge in [0.15, 0.2) is 13.1 Å². The van der Waals surface area contributed by atoms with Crippen LogP contribution in [-0.4, -0.2) is 63.8 Å². The number of rotatable bonds is 8. The zero-order valence-corrected chi connectivity index (χ0v) is 16.3. The SMILES string of the molecule is C[NH+](CC(=O)Nc1ccc(S(=O)(=O)N2CCCC2)cc1)CC(=O)NC1CC1. The van der Waals surface area contributed by atoms with E-state index in [1.807, 2.05) is 0 Å². The third-order valence-corrected chi connectivity index (χ3v) is 6.62. The first kappa shape index (κ1) is 19.8. The molecule has 1 aliphatic heterocycles. The van der Waals surface area contributed by atoms with E-state index in [4.69, 9.17) is 0 Å². The number of anilines is 1. The maximum absolute atomic E-state index is 12.5. The highest BCUT2D eigenvalue weighted by atomic mass is 32.2. The van der Waals surface area contributed by atoms with E-state index in [-0.39, 0.29) is 29.8 Å². The van der Waals surface area contributed by atoms with Crippen LogP contribution in [-0.2, 0) is 19.6 Å². The summed E-state index contributed by atoms with van der Waals surface area (Å²) in [6, 6.07) is 6.53. The van der Waals surface area contributed by atoms with Gasteiger partial charge in [-0.05, 0) is 49.9 Å². The molecule has 1 unspecified atom stereocenters. The quantitative estimate of drug-likeness (QED) is 0.537. The smallest absolute Gasteiger partial charge is 0.279 e. The topological polar surface area (TPSA) is 100 Å². The van der Waals surface area contributed by atoms with Crippen molar-refractivity contribution in [2.45, 2.75) is 36.6 Å². The van der Waals surface area contributed by atoms with E-state index in [1.54, 1.807) is 19.2 Å². The molecule has 1 aromatic carbocycles. The van der Waals surface area contributed by atoms with Gasteiger partial charge in [0, 0.05) is 24.8 Å². The van der Waals surface area contributed by atoms with Crippen molar-refractivity contribution in [3.8, 4) is 0 Å². The van der Waals surface area contributed by atoms with Gasteiger partial charge in [0.05, 0.1) is 11.9 Å². The Balaban J connectivity index is 1.49. The number of quaternary nitrogens is 1. The summed E-state index contributed by atoms with van der Waals surface area (Å²) in [4.78, 5) is 24.9. The second-order valence-electron chi connectivity index (χ2n) is 7.34. The number of nitrogens with zero attached hydrogens (tertiary/aromatic N) is 1. The number of sulfonamides is 1. The summed E-state index contributed by atoms with van der Waals surface area (Å²) in [5.74, 6) is -0.263. The number of nitrogens with one attached hydrogen (secondary N) is 3. The van der Waals surface area contributed by atoms with E-state index < -0.39 is 10.0 Å². The van der Waals surface area contributed by atoms with Gasteiger partial charge in [0.2, 0.25) is 10.0 Å². The van der Waals surface area contributed by atoms with E-state index in [0.717, 1.165) is 30.6 Å². The summed E-state index contributed by atoms with van der Waals surface area (Å²) in [7, 11) is -1.66. The number of likely N-dealkylation sites (N-methyl/N-ethyl adjacent to an activating group) is 1. The molecule has 148 valence electrons. The molecule has 9 heteroatoms. The number of carbonyl (C=O) groups is 2. The molecule has 1 saturated carbocycles. The van der Waals surface area contributed by atoms with Crippen molar-refractivity contribution in [2.24, 2.45) is 0 Å². The predicted molar refractivity (Wildman–Crippen MR) is 101 cm³/mol. The molecule has 8 nitrogen and oxygen atoms in total. The summed E-state index contributed by atoms with van der Waals surface area (Å²) >= 11 is 0. The first-order valence-electron chi connectivity index (χ1n) is 9.35. The van der Waals surface area contributed by atoms with Gasteiger partial charge < -0.3 is 15.5 Å². The van der Waals surface area contributed by atoms with Crippen LogP contribution in [0, 0.1) is 0 Å². The molecule has 1 saturated heterocycles. The molecule has 1 aliphatic carbocycles. The molecule has 3 rings (SSSR count). The number of benzene rings is 1. The Bertz CT molecular complexity index is 784. The highest BCUT2D eigenvalue weighted by molar-refractivity contribution is 7.89. The minimum atomic E-state index is -3.45. The molecule has 2 amide bonds. The molecular weight excluding hydrogens is 368 g/mol. The second kappa shape index (κ2) is 8.37. The zero-order valence-electron chi connectivity index (χ0n) is 15.5. The van der Waals surface area contributed by atoms with Crippen molar-refractivity contribution >= 4 is 27.5 Å². The third kappa shape index (κ3) is 5.50. The van der Waals surface area contributed by atoms with E-state index in [1.165, 1.54) is 16.4 Å². The van der Waals surface area contributed by atoms with Gasteiger partial charge in [-0.25, -0.2) is 8.42 Å². The fraction of sp³-hybridized carbons (Fsp3) is 0.556. The molecule has 2 aliphatic rings. The summed E-state index contributed by atoms with van der Waals surface area (Å²) < 4.78 is 26.5. The third-order valence-electron chi connectivity index (χ3n) is 4.71. The van der Waals surface area contributed by atoms with E-state index in [9.17, 15) is 18.0 Å². The van der Waals surface area contributed by atoms with Crippen molar-refractivity contribution in [2.75, 3.05) is 38.5 Å². The van der Waals surface area contributed by atoms with Crippen LogP contribution in [0.3, 0.4) is 0 Å². The van der Waals surface area contributed by atoms with Crippen molar-refractivity contribution in [1.29, 1.82) is 0 Å². The van der Waals surface area contributed by atoms with Gasteiger partial charge in [0.1, 0.15) is 0 Å². The average Bonchev–Trinajstić information content (AvgIpc) is 3.23. The molecule has 1 aromatic rings. The Morgan fingerprint density at radius 3 is 2.26 bits per heavy atom. The number of carbonyl (C=O) groups excluding carboxylic acids is 2. The van der Waals surface area contributed by atoms with Gasteiger partial charge >= 0.3 is 0 Å². The monoisotopic (exact) mass is 395 g/mol. The highest BCUT2D eigenvalue weighted by Gasteiger charge is 2.27. The van der Waals surface area contributed by atoms with Crippen molar-refractivity contribution in [3.63, 3.8) is 0 Å². The van der Waals surface area contributed by atoms with Crippen LogP contribution in [0.5, 0.6) is 0 Å². The molecule has 2 fully saturated rings. The number of amides is 2. The van der Waals surface area contributed by atoms with Crippen molar-refractivity contribution < 1.29 is 22.9 Å². The largest absolute Gasteiger partial charge is 0.348 e. The van der Waals surface area contributed by atoms with Crippen molar-refractivity contribution in [3.05, 3.63) is 24.3 Å². The Labute approximate surface area is 160 Å². The van der Waals surface area contributed by atoms with Crippen LogP contribution in [0.2, 0.25) is 0 Å².